The molecule has 1 nitrogen and oxygen atoms in total. The predicted octanol–water partition coefficient (Wildman–Crippen LogP) is 8.55. The second kappa shape index (κ2) is 9.09. The minimum atomic E-state index is 0.198. The van der Waals surface area contributed by atoms with E-state index in [4.69, 9.17) is 0 Å². The molecule has 0 saturated heterocycles. The molecule has 2 heteroatoms. The molecule has 0 aliphatic carbocycles. The van der Waals surface area contributed by atoms with Crippen molar-refractivity contribution < 1.29 is 0 Å². The van der Waals surface area contributed by atoms with E-state index in [2.05, 4.69) is 163 Å². The van der Waals surface area contributed by atoms with Crippen molar-refractivity contribution in [3.63, 3.8) is 0 Å². The van der Waals surface area contributed by atoms with Gasteiger partial charge in [0.25, 0.3) is 0 Å². The summed E-state index contributed by atoms with van der Waals surface area (Å²) in [5.74, 6) is 0. The fraction of sp³-hybridized carbons (Fsp3) is 0. The zero-order chi connectivity index (χ0) is 27.6. The summed E-state index contributed by atoms with van der Waals surface area (Å²) in [5.41, 5.74) is 10.3. The summed E-state index contributed by atoms with van der Waals surface area (Å²) < 4.78 is 0. The van der Waals surface area contributed by atoms with E-state index in [-0.39, 0.29) is 6.71 Å². The molecular formula is C40H26BN. The van der Waals surface area contributed by atoms with Gasteiger partial charge in [-0.1, -0.05) is 138 Å². The Balaban J connectivity index is 1.40. The molecule has 0 saturated carbocycles. The van der Waals surface area contributed by atoms with E-state index in [9.17, 15) is 0 Å². The molecule has 0 N–H and O–H groups in total. The highest BCUT2D eigenvalue weighted by Gasteiger charge is 2.33. The van der Waals surface area contributed by atoms with Crippen LogP contribution in [0.4, 0.5) is 17.1 Å². The fourth-order valence-electron chi connectivity index (χ4n) is 7.32. The lowest BCUT2D eigenvalue weighted by atomic mass is 9.33. The Labute approximate surface area is 245 Å². The molecule has 0 bridgehead atoms. The van der Waals surface area contributed by atoms with Gasteiger partial charge in [0.2, 0.25) is 6.71 Å². The van der Waals surface area contributed by atoms with E-state index in [1.165, 1.54) is 65.5 Å². The summed E-state index contributed by atoms with van der Waals surface area (Å²) >= 11 is 0. The zero-order valence-electron chi connectivity index (χ0n) is 23.0. The number of nitrogens with zero attached hydrogens (tertiary/aromatic N) is 1. The van der Waals surface area contributed by atoms with E-state index in [1.54, 1.807) is 0 Å². The van der Waals surface area contributed by atoms with Gasteiger partial charge in [-0.25, -0.2) is 0 Å². The van der Waals surface area contributed by atoms with Gasteiger partial charge in [0.05, 0.1) is 5.69 Å². The zero-order valence-corrected chi connectivity index (χ0v) is 23.0. The molecule has 0 unspecified atom stereocenters. The molecule has 0 aromatic heterocycles. The number of rotatable bonds is 4. The minimum Gasteiger partial charge on any atom is -0.310 e. The molecule has 42 heavy (non-hydrogen) atoms. The quantitative estimate of drug-likeness (QED) is 0.163. The van der Waals surface area contributed by atoms with E-state index in [1.807, 2.05) is 0 Å². The normalized spacial score (nSPS) is 12.2. The van der Waals surface area contributed by atoms with Gasteiger partial charge in [-0.2, -0.15) is 0 Å². The fourth-order valence-corrected chi connectivity index (χ4v) is 7.32. The molecule has 8 aromatic rings. The first kappa shape index (κ1) is 23.4. The van der Waals surface area contributed by atoms with Gasteiger partial charge in [-0.3, -0.25) is 0 Å². The van der Waals surface area contributed by atoms with Crippen molar-refractivity contribution in [1.82, 2.24) is 0 Å². The number of anilines is 3. The SMILES string of the molecule is c1ccc(B2c3ccccc3-c3cc4ccc(N(c5ccccc5)c5ccccc5)c5ccc6ccc2c3c6c45)cc1. The summed E-state index contributed by atoms with van der Waals surface area (Å²) in [5, 5.41) is 7.95. The Morgan fingerprint density at radius 2 is 1.02 bits per heavy atom. The van der Waals surface area contributed by atoms with Crippen molar-refractivity contribution >= 4 is 72.5 Å². The molecule has 0 atom stereocenters. The first-order chi connectivity index (χ1) is 20.9. The standard InChI is InChI=1S/C40H26BN/c1-4-12-29(13-5-1)41-35-19-11-10-18-32(35)34-26-28-22-25-37(33-23-20-27-21-24-36(41)40(34)39(27)38(28)33)42(30-14-6-2-7-15-30)31-16-8-3-9-17-31/h1-26H. The maximum atomic E-state index is 2.44. The van der Waals surface area contributed by atoms with Crippen LogP contribution >= 0.6 is 0 Å². The molecule has 1 heterocycles. The minimum absolute atomic E-state index is 0.198. The van der Waals surface area contributed by atoms with Crippen molar-refractivity contribution in [3.05, 3.63) is 158 Å². The number of para-hydroxylation sites is 2. The Hall–Kier alpha value is -5.34. The number of benzene rings is 8. The lowest BCUT2D eigenvalue weighted by Crippen LogP contribution is -2.54. The van der Waals surface area contributed by atoms with Crippen LogP contribution in [0.2, 0.25) is 0 Å². The summed E-state index contributed by atoms with van der Waals surface area (Å²) in [6.07, 6.45) is 0. The van der Waals surface area contributed by atoms with Crippen LogP contribution < -0.4 is 21.3 Å². The second-order valence-electron chi connectivity index (χ2n) is 11.3. The largest absolute Gasteiger partial charge is 0.310 e. The highest BCUT2D eigenvalue weighted by atomic mass is 15.1. The molecule has 9 rings (SSSR count). The third kappa shape index (κ3) is 3.33. The van der Waals surface area contributed by atoms with Crippen LogP contribution in [-0.2, 0) is 0 Å². The Kier molecular flexibility index (Phi) is 5.06. The van der Waals surface area contributed by atoms with Gasteiger partial charge in [0.15, 0.2) is 0 Å². The van der Waals surface area contributed by atoms with Gasteiger partial charge >= 0.3 is 0 Å². The average molecular weight is 531 g/mol. The second-order valence-corrected chi connectivity index (χ2v) is 11.3. The summed E-state index contributed by atoms with van der Waals surface area (Å²) in [6, 6.07) is 57.8. The molecule has 1 aliphatic rings. The van der Waals surface area contributed by atoms with E-state index < -0.39 is 0 Å². The molecule has 1 aliphatic heterocycles. The maximum Gasteiger partial charge on any atom is 0.242 e. The van der Waals surface area contributed by atoms with Crippen LogP contribution in [0.3, 0.4) is 0 Å². The highest BCUT2D eigenvalue weighted by Crippen LogP contribution is 2.46. The first-order valence-corrected chi connectivity index (χ1v) is 14.7. The maximum absolute atomic E-state index is 2.44. The van der Waals surface area contributed by atoms with E-state index >= 15 is 0 Å². The van der Waals surface area contributed by atoms with Crippen molar-refractivity contribution in [1.29, 1.82) is 0 Å². The Morgan fingerprint density at radius 3 is 1.76 bits per heavy atom. The van der Waals surface area contributed by atoms with E-state index in [0.717, 1.165) is 11.4 Å². The van der Waals surface area contributed by atoms with Gasteiger partial charge in [0, 0.05) is 16.8 Å². The number of fused-ring (bicyclic) bond motifs is 2. The van der Waals surface area contributed by atoms with Gasteiger partial charge < -0.3 is 4.90 Å². The van der Waals surface area contributed by atoms with Gasteiger partial charge in [-0.05, 0) is 74.5 Å². The molecule has 0 radical (unpaired) electrons. The molecule has 8 aromatic carbocycles. The molecule has 0 fully saturated rings. The van der Waals surface area contributed by atoms with Crippen molar-refractivity contribution in [2.75, 3.05) is 4.90 Å². The van der Waals surface area contributed by atoms with E-state index in [0.29, 0.717) is 0 Å². The van der Waals surface area contributed by atoms with Crippen LogP contribution in [0.5, 0.6) is 0 Å². The summed E-state index contributed by atoms with van der Waals surface area (Å²) in [6.45, 7) is 0.198. The lowest BCUT2D eigenvalue weighted by Gasteiger charge is -2.30. The number of hydrogen-bond donors (Lipinski definition) is 0. The molecular weight excluding hydrogens is 505 g/mol. The van der Waals surface area contributed by atoms with Crippen molar-refractivity contribution in [2.45, 2.75) is 0 Å². The summed E-state index contributed by atoms with van der Waals surface area (Å²) in [7, 11) is 0. The average Bonchev–Trinajstić information content (AvgIpc) is 3.06. The first-order valence-electron chi connectivity index (χ1n) is 14.7. The third-order valence-corrected chi connectivity index (χ3v) is 9.05. The van der Waals surface area contributed by atoms with Crippen LogP contribution in [0.25, 0.3) is 43.4 Å². The summed E-state index contributed by atoms with van der Waals surface area (Å²) in [4.78, 5) is 2.39. The monoisotopic (exact) mass is 531 g/mol. The smallest absolute Gasteiger partial charge is 0.242 e. The van der Waals surface area contributed by atoms with Gasteiger partial charge in [0.1, 0.15) is 0 Å². The Bertz CT molecular complexity index is 2200. The van der Waals surface area contributed by atoms with Crippen molar-refractivity contribution in [2.24, 2.45) is 0 Å². The Morgan fingerprint density at radius 1 is 0.405 bits per heavy atom. The van der Waals surface area contributed by atoms with Crippen LogP contribution in [0, 0.1) is 0 Å². The van der Waals surface area contributed by atoms with Crippen LogP contribution in [0.1, 0.15) is 0 Å². The van der Waals surface area contributed by atoms with Crippen LogP contribution in [-0.4, -0.2) is 6.71 Å². The van der Waals surface area contributed by atoms with Gasteiger partial charge in [-0.15, -0.1) is 0 Å². The van der Waals surface area contributed by atoms with Crippen LogP contribution in [0.15, 0.2) is 158 Å². The molecule has 0 spiro atoms. The topological polar surface area (TPSA) is 3.24 Å². The van der Waals surface area contributed by atoms with Crippen molar-refractivity contribution in [3.8, 4) is 11.1 Å². The molecule has 0 amide bonds. The number of hydrogen-bond acceptors (Lipinski definition) is 1. The highest BCUT2D eigenvalue weighted by molar-refractivity contribution is 6.98. The molecule has 194 valence electrons. The third-order valence-electron chi connectivity index (χ3n) is 9.05. The lowest BCUT2D eigenvalue weighted by molar-refractivity contribution is 1.30. The predicted molar refractivity (Wildman–Crippen MR) is 181 cm³/mol.